The van der Waals surface area contributed by atoms with E-state index in [0.717, 1.165) is 24.5 Å². The molecule has 1 aliphatic rings. The van der Waals surface area contributed by atoms with Gasteiger partial charge in [0.2, 0.25) is 0 Å². The van der Waals surface area contributed by atoms with E-state index in [1.54, 1.807) is 0 Å². The lowest BCUT2D eigenvalue weighted by Crippen LogP contribution is -2.45. The van der Waals surface area contributed by atoms with Crippen molar-refractivity contribution < 1.29 is 0 Å². The van der Waals surface area contributed by atoms with Crippen LogP contribution in [0.2, 0.25) is 0 Å². The number of hydrogen-bond donors (Lipinski definition) is 0. The van der Waals surface area contributed by atoms with Gasteiger partial charge in [-0.1, -0.05) is 6.07 Å². The van der Waals surface area contributed by atoms with Gasteiger partial charge >= 0.3 is 0 Å². The van der Waals surface area contributed by atoms with Gasteiger partial charge < -0.3 is 9.80 Å². The molecule has 96 valence electrons. The minimum absolute atomic E-state index is 0.541. The molecular weight excluding hydrogens is 224 g/mol. The van der Waals surface area contributed by atoms with Crippen LogP contribution in [0.3, 0.4) is 0 Å². The van der Waals surface area contributed by atoms with E-state index in [1.165, 1.54) is 12.8 Å². The number of likely N-dealkylation sites (N-methyl/N-ethyl adjacent to an activating group) is 1. The van der Waals surface area contributed by atoms with E-state index in [4.69, 9.17) is 5.26 Å². The highest BCUT2D eigenvalue weighted by Gasteiger charge is 2.22. The Kier molecular flexibility index (Phi) is 3.83. The molecule has 18 heavy (non-hydrogen) atoms. The molecule has 0 spiro atoms. The van der Waals surface area contributed by atoms with E-state index in [-0.39, 0.29) is 0 Å². The summed E-state index contributed by atoms with van der Waals surface area (Å²) in [7, 11) is 4.24. The third kappa shape index (κ3) is 2.62. The topological polar surface area (TPSA) is 43.2 Å². The SMILES string of the molecule is Cc1ccc(N2CCCC(N(C)C)C2)nc1C#N. The van der Waals surface area contributed by atoms with Crippen molar-refractivity contribution in [3.8, 4) is 6.07 Å². The summed E-state index contributed by atoms with van der Waals surface area (Å²) < 4.78 is 0. The summed E-state index contributed by atoms with van der Waals surface area (Å²) in [5, 5.41) is 9.04. The number of piperidine rings is 1. The monoisotopic (exact) mass is 244 g/mol. The molecule has 1 aromatic heterocycles. The van der Waals surface area contributed by atoms with Crippen molar-refractivity contribution in [3.05, 3.63) is 23.4 Å². The van der Waals surface area contributed by atoms with Gasteiger partial charge in [-0.3, -0.25) is 0 Å². The van der Waals surface area contributed by atoms with Crippen molar-refractivity contribution in [2.24, 2.45) is 0 Å². The molecule has 1 aliphatic heterocycles. The number of rotatable bonds is 2. The summed E-state index contributed by atoms with van der Waals surface area (Å²) in [5.41, 5.74) is 1.49. The normalized spacial score (nSPS) is 19.9. The fourth-order valence-corrected chi connectivity index (χ4v) is 2.39. The minimum atomic E-state index is 0.541. The molecule has 4 heteroatoms. The van der Waals surface area contributed by atoms with Gasteiger partial charge in [-0.15, -0.1) is 0 Å². The van der Waals surface area contributed by atoms with E-state index in [0.29, 0.717) is 11.7 Å². The molecule has 0 bridgehead atoms. The minimum Gasteiger partial charge on any atom is -0.355 e. The summed E-state index contributed by atoms with van der Waals surface area (Å²) in [6, 6.07) is 6.75. The molecule has 1 fully saturated rings. The largest absolute Gasteiger partial charge is 0.355 e. The van der Waals surface area contributed by atoms with Crippen molar-refractivity contribution in [1.29, 1.82) is 5.26 Å². The molecule has 4 nitrogen and oxygen atoms in total. The molecule has 0 saturated carbocycles. The summed E-state index contributed by atoms with van der Waals surface area (Å²) in [5.74, 6) is 0.934. The number of aryl methyl sites for hydroxylation is 1. The van der Waals surface area contributed by atoms with E-state index >= 15 is 0 Å². The van der Waals surface area contributed by atoms with Crippen LogP contribution >= 0.6 is 0 Å². The van der Waals surface area contributed by atoms with Gasteiger partial charge in [0, 0.05) is 19.1 Å². The maximum Gasteiger partial charge on any atom is 0.145 e. The van der Waals surface area contributed by atoms with E-state index < -0.39 is 0 Å². The van der Waals surface area contributed by atoms with Crippen molar-refractivity contribution in [3.63, 3.8) is 0 Å². The van der Waals surface area contributed by atoms with Crippen LogP contribution in [0.15, 0.2) is 12.1 Å². The second-order valence-corrected chi connectivity index (χ2v) is 5.15. The standard InChI is InChI=1S/C14H20N4/c1-11-6-7-14(16-13(11)9-15)18-8-4-5-12(10-18)17(2)3/h6-7,12H,4-5,8,10H2,1-3H3. The summed E-state index contributed by atoms with van der Waals surface area (Å²) in [4.78, 5) is 9.01. The zero-order chi connectivity index (χ0) is 13.1. The average Bonchev–Trinajstić information content (AvgIpc) is 2.39. The Balaban J connectivity index is 2.19. The lowest BCUT2D eigenvalue weighted by Gasteiger charge is -2.36. The first-order chi connectivity index (χ1) is 8.61. The highest BCUT2D eigenvalue weighted by molar-refractivity contribution is 5.45. The van der Waals surface area contributed by atoms with Gasteiger partial charge in [-0.05, 0) is 45.5 Å². The molecule has 1 atom stereocenters. The Bertz CT molecular complexity index is 461. The van der Waals surface area contributed by atoms with E-state index in [9.17, 15) is 0 Å². The Morgan fingerprint density at radius 1 is 1.44 bits per heavy atom. The lowest BCUT2D eigenvalue weighted by molar-refractivity contribution is 0.257. The smallest absolute Gasteiger partial charge is 0.145 e. The Morgan fingerprint density at radius 2 is 2.22 bits per heavy atom. The average molecular weight is 244 g/mol. The number of nitrogens with zero attached hydrogens (tertiary/aromatic N) is 4. The molecule has 2 heterocycles. The number of nitriles is 1. The molecule has 0 N–H and O–H groups in total. The van der Waals surface area contributed by atoms with Gasteiger partial charge in [0.05, 0.1) is 0 Å². The molecule has 1 saturated heterocycles. The van der Waals surface area contributed by atoms with Crippen molar-refractivity contribution in [1.82, 2.24) is 9.88 Å². The van der Waals surface area contributed by atoms with Crippen molar-refractivity contribution >= 4 is 5.82 Å². The molecule has 0 amide bonds. The molecule has 0 aromatic carbocycles. The highest BCUT2D eigenvalue weighted by Crippen LogP contribution is 2.21. The fraction of sp³-hybridized carbons (Fsp3) is 0.571. The highest BCUT2D eigenvalue weighted by atomic mass is 15.2. The number of pyridine rings is 1. The van der Waals surface area contributed by atoms with Crippen LogP contribution < -0.4 is 4.90 Å². The summed E-state index contributed by atoms with van der Waals surface area (Å²) in [6.07, 6.45) is 2.42. The second kappa shape index (κ2) is 5.36. The van der Waals surface area contributed by atoms with Gasteiger partial charge in [0.25, 0.3) is 0 Å². The lowest BCUT2D eigenvalue weighted by atomic mass is 10.0. The quantitative estimate of drug-likeness (QED) is 0.795. The first-order valence-corrected chi connectivity index (χ1v) is 6.41. The Morgan fingerprint density at radius 3 is 2.89 bits per heavy atom. The van der Waals surface area contributed by atoms with Crippen LogP contribution in [0, 0.1) is 18.3 Å². The number of aromatic nitrogens is 1. The fourth-order valence-electron chi connectivity index (χ4n) is 2.39. The molecular formula is C14H20N4. The maximum absolute atomic E-state index is 9.04. The van der Waals surface area contributed by atoms with Crippen molar-refractivity contribution in [2.45, 2.75) is 25.8 Å². The summed E-state index contributed by atoms with van der Waals surface area (Å²) in [6.45, 7) is 3.95. The van der Waals surface area contributed by atoms with Crippen LogP contribution in [0.1, 0.15) is 24.1 Å². The molecule has 1 aromatic rings. The second-order valence-electron chi connectivity index (χ2n) is 5.15. The number of anilines is 1. The molecule has 0 radical (unpaired) electrons. The summed E-state index contributed by atoms with van der Waals surface area (Å²) >= 11 is 0. The van der Waals surface area contributed by atoms with Crippen LogP contribution in [0.4, 0.5) is 5.82 Å². The predicted molar refractivity (Wildman–Crippen MR) is 72.6 cm³/mol. The van der Waals surface area contributed by atoms with Gasteiger partial charge in [-0.25, -0.2) is 4.98 Å². The first kappa shape index (κ1) is 12.8. The van der Waals surface area contributed by atoms with Gasteiger partial charge in [-0.2, -0.15) is 5.26 Å². The predicted octanol–water partition coefficient (Wildman–Crippen LogP) is 1.79. The zero-order valence-corrected chi connectivity index (χ0v) is 11.3. The van der Waals surface area contributed by atoms with Gasteiger partial charge in [0.15, 0.2) is 0 Å². The third-order valence-electron chi connectivity index (χ3n) is 3.64. The van der Waals surface area contributed by atoms with Crippen LogP contribution in [0.25, 0.3) is 0 Å². The van der Waals surface area contributed by atoms with Crippen molar-refractivity contribution in [2.75, 3.05) is 32.1 Å². The van der Waals surface area contributed by atoms with E-state index in [2.05, 4.69) is 34.9 Å². The Labute approximate surface area is 109 Å². The molecule has 1 unspecified atom stereocenters. The van der Waals surface area contributed by atoms with Crippen LogP contribution in [-0.4, -0.2) is 43.1 Å². The van der Waals surface area contributed by atoms with Gasteiger partial charge in [0.1, 0.15) is 17.6 Å². The van der Waals surface area contributed by atoms with Crippen LogP contribution in [0.5, 0.6) is 0 Å². The Hall–Kier alpha value is -1.60. The van der Waals surface area contributed by atoms with E-state index in [1.807, 2.05) is 19.1 Å². The molecule has 0 aliphatic carbocycles. The third-order valence-corrected chi connectivity index (χ3v) is 3.64. The maximum atomic E-state index is 9.04. The molecule has 2 rings (SSSR count). The zero-order valence-electron chi connectivity index (χ0n) is 11.3. The first-order valence-electron chi connectivity index (χ1n) is 6.41. The van der Waals surface area contributed by atoms with Crippen LogP contribution in [-0.2, 0) is 0 Å². The number of hydrogen-bond acceptors (Lipinski definition) is 4.